The van der Waals surface area contributed by atoms with Gasteiger partial charge in [0.15, 0.2) is 0 Å². The first-order valence-electron chi connectivity index (χ1n) is 5.00. The van der Waals surface area contributed by atoms with Crippen LogP contribution < -0.4 is 5.73 Å². The zero-order valence-corrected chi connectivity index (χ0v) is 8.93. The normalized spacial score (nSPS) is 18.7. The minimum atomic E-state index is -0.355. The quantitative estimate of drug-likeness (QED) is 0.663. The zero-order valence-electron chi connectivity index (χ0n) is 8.93. The van der Waals surface area contributed by atoms with Crippen LogP contribution in [-0.2, 0) is 16.6 Å². The second kappa shape index (κ2) is 3.05. The zero-order chi connectivity index (χ0) is 11.2. The summed E-state index contributed by atoms with van der Waals surface area (Å²) in [5, 5.41) is 0. The van der Waals surface area contributed by atoms with Gasteiger partial charge in [-0.25, -0.2) is 4.39 Å². The topological polar surface area (TPSA) is 43.1 Å². The average molecular weight is 207 g/mol. The van der Waals surface area contributed by atoms with Crippen LogP contribution in [0.2, 0.25) is 0 Å². The van der Waals surface area contributed by atoms with E-state index in [0.717, 1.165) is 5.56 Å². The molecule has 80 valence electrons. The van der Waals surface area contributed by atoms with Crippen LogP contribution in [0.1, 0.15) is 31.4 Å². The molecule has 2 N–H and O–H groups in total. The van der Waals surface area contributed by atoms with Gasteiger partial charge in [-0.05, 0) is 28.7 Å². The molecule has 1 aliphatic carbocycles. The van der Waals surface area contributed by atoms with Gasteiger partial charge in [-0.3, -0.25) is 4.79 Å². The summed E-state index contributed by atoms with van der Waals surface area (Å²) in [5.74, 6) is -0.262. The standard InChI is InChI=1S/C12H14FNO/c1-12(2)6-8(15)5-9-10(12)3-7(14)4-11(9)13/h3-4H,5-6,14H2,1-2H3. The van der Waals surface area contributed by atoms with Gasteiger partial charge in [0.25, 0.3) is 0 Å². The van der Waals surface area contributed by atoms with E-state index in [1.165, 1.54) is 6.07 Å². The molecule has 0 fully saturated rings. The summed E-state index contributed by atoms with van der Waals surface area (Å²) in [4.78, 5) is 11.5. The van der Waals surface area contributed by atoms with E-state index in [2.05, 4.69) is 0 Å². The first-order chi connectivity index (χ1) is 6.90. The number of ketones is 1. The van der Waals surface area contributed by atoms with Crippen LogP contribution in [0, 0.1) is 5.82 Å². The molecule has 0 unspecified atom stereocenters. The van der Waals surface area contributed by atoms with E-state index >= 15 is 0 Å². The Hall–Kier alpha value is -1.38. The van der Waals surface area contributed by atoms with Gasteiger partial charge in [-0.2, -0.15) is 0 Å². The van der Waals surface area contributed by atoms with Gasteiger partial charge >= 0.3 is 0 Å². The van der Waals surface area contributed by atoms with E-state index in [1.807, 2.05) is 13.8 Å². The Bertz CT molecular complexity index is 437. The molecule has 2 nitrogen and oxygen atoms in total. The minimum Gasteiger partial charge on any atom is -0.399 e. The van der Waals surface area contributed by atoms with Gasteiger partial charge in [0, 0.05) is 18.5 Å². The molecule has 15 heavy (non-hydrogen) atoms. The van der Waals surface area contributed by atoms with Crippen molar-refractivity contribution < 1.29 is 9.18 Å². The summed E-state index contributed by atoms with van der Waals surface area (Å²) in [5.41, 5.74) is 7.13. The summed E-state index contributed by atoms with van der Waals surface area (Å²) in [6, 6.07) is 3.07. The molecule has 0 spiro atoms. The molecule has 0 saturated carbocycles. The number of anilines is 1. The van der Waals surface area contributed by atoms with Crippen molar-refractivity contribution in [1.29, 1.82) is 0 Å². The first-order valence-corrected chi connectivity index (χ1v) is 5.00. The lowest BCUT2D eigenvalue weighted by Gasteiger charge is -2.32. The van der Waals surface area contributed by atoms with Crippen LogP contribution in [0.5, 0.6) is 0 Å². The molecular weight excluding hydrogens is 193 g/mol. The van der Waals surface area contributed by atoms with Crippen molar-refractivity contribution in [2.45, 2.75) is 32.1 Å². The number of nitrogen functional groups attached to an aromatic ring is 1. The number of halogens is 1. The Balaban J connectivity index is 2.67. The second-order valence-corrected chi connectivity index (χ2v) is 4.80. The highest BCUT2D eigenvalue weighted by atomic mass is 19.1. The van der Waals surface area contributed by atoms with E-state index < -0.39 is 0 Å². The molecule has 3 heteroatoms. The molecule has 0 radical (unpaired) electrons. The van der Waals surface area contributed by atoms with Gasteiger partial charge in [-0.15, -0.1) is 0 Å². The number of hydrogen-bond acceptors (Lipinski definition) is 2. The van der Waals surface area contributed by atoms with Crippen molar-refractivity contribution in [3.05, 3.63) is 29.1 Å². The lowest BCUT2D eigenvalue weighted by Crippen LogP contribution is -2.30. The number of carbonyl (C=O) groups excluding carboxylic acids is 1. The van der Waals surface area contributed by atoms with Crippen LogP contribution in [0.15, 0.2) is 12.1 Å². The molecule has 0 amide bonds. The maximum absolute atomic E-state index is 13.6. The van der Waals surface area contributed by atoms with Crippen molar-refractivity contribution in [3.8, 4) is 0 Å². The van der Waals surface area contributed by atoms with E-state index in [-0.39, 0.29) is 23.4 Å². The molecule has 1 aromatic carbocycles. The van der Waals surface area contributed by atoms with E-state index in [9.17, 15) is 9.18 Å². The van der Waals surface area contributed by atoms with Gasteiger partial charge < -0.3 is 5.73 Å². The SMILES string of the molecule is CC1(C)CC(=O)Cc2c(F)cc(N)cc21. The van der Waals surface area contributed by atoms with Crippen LogP contribution in [0.3, 0.4) is 0 Å². The lowest BCUT2D eigenvalue weighted by atomic mass is 9.72. The number of fused-ring (bicyclic) bond motifs is 1. The van der Waals surface area contributed by atoms with Gasteiger partial charge in [0.05, 0.1) is 0 Å². The molecule has 0 atom stereocenters. The number of rotatable bonds is 0. The maximum Gasteiger partial charge on any atom is 0.138 e. The lowest BCUT2D eigenvalue weighted by molar-refractivity contribution is -0.120. The number of benzene rings is 1. The summed E-state index contributed by atoms with van der Waals surface area (Å²) in [7, 11) is 0. The molecule has 1 aliphatic rings. The highest BCUT2D eigenvalue weighted by Gasteiger charge is 2.33. The van der Waals surface area contributed by atoms with Crippen molar-refractivity contribution in [3.63, 3.8) is 0 Å². The summed E-state index contributed by atoms with van der Waals surface area (Å²) < 4.78 is 13.6. The largest absolute Gasteiger partial charge is 0.399 e. The third-order valence-electron chi connectivity index (χ3n) is 2.96. The van der Waals surface area contributed by atoms with Crippen molar-refractivity contribution >= 4 is 11.5 Å². The van der Waals surface area contributed by atoms with Crippen molar-refractivity contribution in [1.82, 2.24) is 0 Å². The Morgan fingerprint density at radius 2 is 2.07 bits per heavy atom. The Kier molecular flexibility index (Phi) is 2.07. The van der Waals surface area contributed by atoms with Crippen LogP contribution >= 0.6 is 0 Å². The van der Waals surface area contributed by atoms with Gasteiger partial charge in [0.1, 0.15) is 11.6 Å². The Morgan fingerprint density at radius 1 is 1.40 bits per heavy atom. The van der Waals surface area contributed by atoms with Crippen LogP contribution in [0.4, 0.5) is 10.1 Å². The predicted molar refractivity (Wildman–Crippen MR) is 57.2 cm³/mol. The average Bonchev–Trinajstić information content (AvgIpc) is 2.06. The third-order valence-corrected chi connectivity index (χ3v) is 2.96. The number of hydrogen-bond donors (Lipinski definition) is 1. The maximum atomic E-state index is 13.6. The van der Waals surface area contributed by atoms with Crippen molar-refractivity contribution in [2.75, 3.05) is 5.73 Å². The van der Waals surface area contributed by atoms with Crippen LogP contribution in [0.25, 0.3) is 0 Å². The molecule has 0 saturated heterocycles. The smallest absolute Gasteiger partial charge is 0.138 e. The third kappa shape index (κ3) is 1.62. The molecule has 0 heterocycles. The van der Waals surface area contributed by atoms with E-state index in [0.29, 0.717) is 17.7 Å². The number of nitrogens with two attached hydrogens (primary N) is 1. The van der Waals surface area contributed by atoms with Crippen LogP contribution in [-0.4, -0.2) is 5.78 Å². The second-order valence-electron chi connectivity index (χ2n) is 4.80. The fourth-order valence-electron chi connectivity index (χ4n) is 2.29. The minimum absolute atomic E-state index is 0.0937. The fourth-order valence-corrected chi connectivity index (χ4v) is 2.29. The predicted octanol–water partition coefficient (Wildman–Crippen LogP) is 2.20. The fraction of sp³-hybridized carbons (Fsp3) is 0.417. The van der Waals surface area contributed by atoms with Gasteiger partial charge in [0.2, 0.25) is 0 Å². The summed E-state index contributed by atoms with van der Waals surface area (Å²) >= 11 is 0. The van der Waals surface area contributed by atoms with E-state index in [4.69, 9.17) is 5.73 Å². The van der Waals surface area contributed by atoms with E-state index in [1.54, 1.807) is 6.07 Å². The molecule has 0 aliphatic heterocycles. The highest BCUT2D eigenvalue weighted by Crippen LogP contribution is 2.37. The van der Waals surface area contributed by atoms with Gasteiger partial charge in [-0.1, -0.05) is 13.8 Å². The highest BCUT2D eigenvalue weighted by molar-refractivity contribution is 5.85. The molecule has 1 aromatic rings. The molecule has 2 rings (SSSR count). The number of carbonyl (C=O) groups is 1. The Labute approximate surface area is 88.3 Å². The summed E-state index contributed by atoms with van der Waals surface area (Å²) in [6.07, 6.45) is 0.660. The monoisotopic (exact) mass is 207 g/mol. The first kappa shape index (κ1) is 10.1. The Morgan fingerprint density at radius 3 is 2.73 bits per heavy atom. The molecule has 0 bridgehead atoms. The summed E-state index contributed by atoms with van der Waals surface area (Å²) in [6.45, 7) is 3.89. The molecule has 0 aromatic heterocycles. The van der Waals surface area contributed by atoms with Crippen molar-refractivity contribution in [2.24, 2.45) is 0 Å². The number of Topliss-reactive ketones (excluding diaryl/α,β-unsaturated/α-hetero) is 1. The molecular formula is C12H14FNO.